The molecule has 8 heteroatoms. The Morgan fingerprint density at radius 2 is 1.92 bits per heavy atom. The summed E-state index contributed by atoms with van der Waals surface area (Å²) < 4.78 is 46.9. The number of rotatable bonds is 3. The molecule has 0 radical (unpaired) electrons. The molecule has 1 saturated heterocycles. The fourth-order valence-corrected chi connectivity index (χ4v) is 3.49. The van der Waals surface area contributed by atoms with Crippen LogP contribution in [0.25, 0.3) is 0 Å². The molecule has 1 aromatic carbocycles. The second-order valence-corrected chi connectivity index (χ2v) is 6.34. The van der Waals surface area contributed by atoms with Crippen LogP contribution < -0.4 is 15.3 Å². The van der Waals surface area contributed by atoms with Crippen molar-refractivity contribution in [1.82, 2.24) is 9.55 Å². The van der Waals surface area contributed by atoms with Crippen molar-refractivity contribution in [3.05, 3.63) is 51.7 Å². The molecule has 5 nitrogen and oxygen atoms in total. The molecule has 1 aromatic heterocycles. The molecular formula is C17H16F3N3O2. The molecule has 0 saturated carbocycles. The Bertz CT molecular complexity index is 884. The number of hydrogen-bond acceptors (Lipinski definition) is 4. The zero-order valence-corrected chi connectivity index (χ0v) is 13.3. The average molecular weight is 351 g/mol. The Morgan fingerprint density at radius 3 is 2.76 bits per heavy atom. The van der Waals surface area contributed by atoms with Crippen molar-refractivity contribution in [2.24, 2.45) is 0 Å². The zero-order valence-electron chi connectivity index (χ0n) is 13.3. The number of benzene rings is 1. The lowest BCUT2D eigenvalue weighted by Crippen LogP contribution is -2.36. The summed E-state index contributed by atoms with van der Waals surface area (Å²) in [6.45, 7) is 1.13. The van der Waals surface area contributed by atoms with Crippen molar-refractivity contribution in [2.45, 2.75) is 38.5 Å². The number of nitrogens with zero attached hydrogens (tertiary/aromatic N) is 3. The molecule has 1 fully saturated rings. The largest absolute Gasteiger partial charge is 0.472 e. The summed E-state index contributed by atoms with van der Waals surface area (Å²) in [7, 11) is 0. The Labute approximate surface area is 141 Å². The predicted octanol–water partition coefficient (Wildman–Crippen LogP) is 2.61. The Kier molecular flexibility index (Phi) is 3.89. The summed E-state index contributed by atoms with van der Waals surface area (Å²) in [6.07, 6.45) is 3.22. The molecule has 0 spiro atoms. The van der Waals surface area contributed by atoms with Crippen LogP contribution >= 0.6 is 0 Å². The Morgan fingerprint density at radius 1 is 1.12 bits per heavy atom. The van der Waals surface area contributed by atoms with Gasteiger partial charge in [-0.05, 0) is 25.3 Å². The van der Waals surface area contributed by atoms with Crippen molar-refractivity contribution in [3.8, 4) is 5.88 Å². The van der Waals surface area contributed by atoms with Gasteiger partial charge in [0.2, 0.25) is 5.88 Å². The first-order chi connectivity index (χ1) is 12.0. The molecule has 2 aromatic rings. The summed E-state index contributed by atoms with van der Waals surface area (Å²) in [5.41, 5.74) is -0.565. The summed E-state index contributed by atoms with van der Waals surface area (Å²) in [5, 5.41) is 0. The highest BCUT2D eigenvalue weighted by molar-refractivity contribution is 5.47. The van der Waals surface area contributed by atoms with Gasteiger partial charge in [-0.15, -0.1) is 0 Å². The van der Waals surface area contributed by atoms with Crippen molar-refractivity contribution >= 4 is 5.82 Å². The number of hydrogen-bond donors (Lipinski definition) is 0. The minimum atomic E-state index is -1.26. The van der Waals surface area contributed by atoms with Crippen LogP contribution in [-0.4, -0.2) is 22.1 Å². The maximum atomic E-state index is 13.7. The van der Waals surface area contributed by atoms with Gasteiger partial charge in [-0.25, -0.2) is 18.0 Å². The van der Waals surface area contributed by atoms with Gasteiger partial charge in [0, 0.05) is 36.8 Å². The number of aromatic nitrogens is 2. The highest BCUT2D eigenvalue weighted by Gasteiger charge is 2.32. The summed E-state index contributed by atoms with van der Waals surface area (Å²) in [6, 6.07) is 3.15. The van der Waals surface area contributed by atoms with Crippen LogP contribution in [0.5, 0.6) is 5.88 Å². The van der Waals surface area contributed by atoms with E-state index in [1.54, 1.807) is 10.6 Å². The molecule has 0 bridgehead atoms. The maximum Gasteiger partial charge on any atom is 0.352 e. The van der Waals surface area contributed by atoms with Gasteiger partial charge in [0.25, 0.3) is 0 Å². The lowest BCUT2D eigenvalue weighted by molar-refractivity contribution is 0.284. The van der Waals surface area contributed by atoms with Crippen molar-refractivity contribution in [2.75, 3.05) is 11.4 Å². The van der Waals surface area contributed by atoms with Gasteiger partial charge < -0.3 is 9.64 Å². The second-order valence-electron chi connectivity index (χ2n) is 6.34. The molecule has 1 unspecified atom stereocenters. The van der Waals surface area contributed by atoms with E-state index in [4.69, 9.17) is 4.74 Å². The van der Waals surface area contributed by atoms with Crippen molar-refractivity contribution in [1.29, 1.82) is 0 Å². The first kappa shape index (κ1) is 16.0. The van der Waals surface area contributed by atoms with Gasteiger partial charge in [0.05, 0.1) is 0 Å². The molecule has 2 aliphatic heterocycles. The average Bonchev–Trinajstić information content (AvgIpc) is 2.96. The predicted molar refractivity (Wildman–Crippen MR) is 84.1 cm³/mol. The van der Waals surface area contributed by atoms with Crippen LogP contribution in [0, 0.1) is 17.5 Å². The van der Waals surface area contributed by atoms with E-state index in [2.05, 4.69) is 9.88 Å². The van der Waals surface area contributed by atoms with Gasteiger partial charge in [-0.3, -0.25) is 4.57 Å². The first-order valence-electron chi connectivity index (χ1n) is 8.17. The number of anilines is 1. The van der Waals surface area contributed by atoms with Crippen LogP contribution in [0.2, 0.25) is 0 Å². The zero-order chi connectivity index (χ0) is 17.6. The fourth-order valence-electron chi connectivity index (χ4n) is 3.49. The summed E-state index contributed by atoms with van der Waals surface area (Å²) in [4.78, 5) is 18.2. The molecule has 3 heterocycles. The van der Waals surface area contributed by atoms with Crippen LogP contribution in [0.1, 0.15) is 24.8 Å². The first-order valence-corrected chi connectivity index (χ1v) is 8.17. The third kappa shape index (κ3) is 2.85. The third-order valence-corrected chi connectivity index (χ3v) is 4.75. The van der Waals surface area contributed by atoms with E-state index < -0.39 is 23.1 Å². The minimum Gasteiger partial charge on any atom is -0.472 e. The molecule has 1 atom stereocenters. The monoisotopic (exact) mass is 351 g/mol. The van der Waals surface area contributed by atoms with Gasteiger partial charge in [0.15, 0.2) is 11.6 Å². The quantitative estimate of drug-likeness (QED) is 0.798. The highest BCUT2D eigenvalue weighted by atomic mass is 19.2. The lowest BCUT2D eigenvalue weighted by atomic mass is 10.0. The second kappa shape index (κ2) is 6.09. The smallest absolute Gasteiger partial charge is 0.352 e. The van der Waals surface area contributed by atoms with E-state index in [-0.39, 0.29) is 18.1 Å². The van der Waals surface area contributed by atoms with E-state index >= 15 is 0 Å². The summed E-state index contributed by atoms with van der Waals surface area (Å²) in [5.74, 6) is -2.53. The van der Waals surface area contributed by atoms with E-state index in [9.17, 15) is 18.0 Å². The molecule has 2 aliphatic rings. The molecule has 25 heavy (non-hydrogen) atoms. The molecule has 132 valence electrons. The molecule has 0 N–H and O–H groups in total. The SMILES string of the molecule is O=c1nc(OCc2cc(F)c(F)cc2F)cc2n1CC1CCCCN21. The Balaban J connectivity index is 1.58. The van der Waals surface area contributed by atoms with Gasteiger partial charge in [-0.2, -0.15) is 4.98 Å². The van der Waals surface area contributed by atoms with E-state index in [1.807, 2.05) is 0 Å². The Hall–Kier alpha value is -2.51. The number of fused-ring (bicyclic) bond motifs is 3. The fraction of sp³-hybridized carbons (Fsp3) is 0.412. The molecule has 0 amide bonds. The lowest BCUT2D eigenvalue weighted by Gasteiger charge is -2.30. The van der Waals surface area contributed by atoms with E-state index in [0.717, 1.165) is 37.7 Å². The van der Waals surface area contributed by atoms with Crippen LogP contribution in [-0.2, 0) is 13.2 Å². The van der Waals surface area contributed by atoms with Gasteiger partial charge in [0.1, 0.15) is 18.2 Å². The number of halogens is 3. The summed E-state index contributed by atoms with van der Waals surface area (Å²) >= 11 is 0. The van der Waals surface area contributed by atoms with E-state index in [0.29, 0.717) is 18.7 Å². The van der Waals surface area contributed by atoms with Crippen molar-refractivity contribution < 1.29 is 17.9 Å². The molecule has 4 rings (SSSR count). The van der Waals surface area contributed by atoms with Crippen LogP contribution in [0.15, 0.2) is 23.0 Å². The van der Waals surface area contributed by atoms with Crippen LogP contribution in [0.4, 0.5) is 19.0 Å². The van der Waals surface area contributed by atoms with E-state index in [1.165, 1.54) is 0 Å². The minimum absolute atomic E-state index is 0.0478. The number of piperidine rings is 1. The third-order valence-electron chi connectivity index (χ3n) is 4.75. The highest BCUT2D eigenvalue weighted by Crippen LogP contribution is 2.32. The van der Waals surface area contributed by atoms with Gasteiger partial charge in [-0.1, -0.05) is 0 Å². The molecular weight excluding hydrogens is 335 g/mol. The standard InChI is InChI=1S/C17H16F3N3O2/c18-12-6-14(20)13(19)5-10(12)9-25-15-7-16-22-4-2-1-3-11(22)8-23(16)17(24)21-15/h5-7,11H,1-4,8-9H2. The van der Waals surface area contributed by atoms with Crippen molar-refractivity contribution in [3.63, 3.8) is 0 Å². The maximum absolute atomic E-state index is 13.7. The topological polar surface area (TPSA) is 47.4 Å². The number of ether oxygens (including phenoxy) is 1. The molecule has 0 aliphatic carbocycles. The van der Waals surface area contributed by atoms with Crippen LogP contribution in [0.3, 0.4) is 0 Å². The normalized spacial score (nSPS) is 18.8. The van der Waals surface area contributed by atoms with Gasteiger partial charge >= 0.3 is 5.69 Å².